The quantitative estimate of drug-likeness (QED) is 0.932. The highest BCUT2D eigenvalue weighted by molar-refractivity contribution is 7.09. The number of rotatable bonds is 3. The van der Waals surface area contributed by atoms with Crippen molar-refractivity contribution in [2.45, 2.75) is 39.7 Å². The number of carbonyl (C=O) groups excluding carboxylic acids is 1. The number of nitrogens with zero attached hydrogens (tertiary/aromatic N) is 2. The molecule has 1 fully saturated rings. The molecule has 0 bridgehead atoms. The Labute approximate surface area is 131 Å². The highest BCUT2D eigenvalue weighted by atomic mass is 35.5. The second kappa shape index (κ2) is 7.96. The Morgan fingerprint density at radius 2 is 2.25 bits per heavy atom. The summed E-state index contributed by atoms with van der Waals surface area (Å²) in [5.41, 5.74) is 6.10. The minimum Gasteiger partial charge on any atom is -0.337 e. The van der Waals surface area contributed by atoms with Gasteiger partial charge in [-0.05, 0) is 31.1 Å². The smallest absolute Gasteiger partial charge is 0.273 e. The number of nitrogens with two attached hydrogens (primary N) is 1. The van der Waals surface area contributed by atoms with Crippen molar-refractivity contribution in [1.29, 1.82) is 0 Å². The van der Waals surface area contributed by atoms with Crippen LogP contribution in [0.15, 0.2) is 5.38 Å². The molecule has 0 aromatic carbocycles. The molecule has 1 aliphatic rings. The molecule has 1 aromatic heterocycles. The maximum absolute atomic E-state index is 12.4. The first-order chi connectivity index (χ1) is 9.11. The Morgan fingerprint density at radius 3 is 2.85 bits per heavy atom. The van der Waals surface area contributed by atoms with Gasteiger partial charge in [0.15, 0.2) is 0 Å². The van der Waals surface area contributed by atoms with Gasteiger partial charge in [-0.15, -0.1) is 23.7 Å². The highest BCUT2D eigenvalue weighted by Crippen LogP contribution is 2.25. The number of hydrogen-bond donors (Lipinski definition) is 1. The lowest BCUT2D eigenvalue weighted by molar-refractivity contribution is 0.0753. The summed E-state index contributed by atoms with van der Waals surface area (Å²) in [6.45, 7) is 6.67. The van der Waals surface area contributed by atoms with E-state index in [0.717, 1.165) is 36.9 Å². The lowest BCUT2D eigenvalue weighted by atomic mass is 9.89. The van der Waals surface area contributed by atoms with E-state index >= 15 is 0 Å². The van der Waals surface area contributed by atoms with E-state index in [0.29, 0.717) is 18.2 Å². The van der Waals surface area contributed by atoms with Gasteiger partial charge in [-0.3, -0.25) is 4.79 Å². The fourth-order valence-electron chi connectivity index (χ4n) is 2.66. The summed E-state index contributed by atoms with van der Waals surface area (Å²) in [7, 11) is 0. The van der Waals surface area contributed by atoms with E-state index in [-0.39, 0.29) is 18.3 Å². The molecule has 0 saturated carbocycles. The monoisotopic (exact) mass is 317 g/mol. The van der Waals surface area contributed by atoms with Gasteiger partial charge in [0.05, 0.1) is 0 Å². The molecule has 1 aromatic rings. The van der Waals surface area contributed by atoms with Crippen molar-refractivity contribution >= 4 is 29.7 Å². The van der Waals surface area contributed by atoms with Crippen molar-refractivity contribution < 1.29 is 4.79 Å². The van der Waals surface area contributed by atoms with E-state index in [9.17, 15) is 4.79 Å². The van der Waals surface area contributed by atoms with Crippen molar-refractivity contribution in [2.24, 2.45) is 17.6 Å². The maximum Gasteiger partial charge on any atom is 0.273 e. The molecule has 1 atom stereocenters. The average molecular weight is 318 g/mol. The standard InChI is InChI=1S/C14H23N3OS.ClH/c1-10(2)11-4-3-6-17(7-5-11)14(18)12-9-19-13(8-15)16-12;/h9-11H,3-8,15H2,1-2H3;1H. The van der Waals surface area contributed by atoms with Crippen LogP contribution in [-0.4, -0.2) is 28.9 Å². The summed E-state index contributed by atoms with van der Waals surface area (Å²) in [6, 6.07) is 0. The van der Waals surface area contributed by atoms with Gasteiger partial charge in [-0.1, -0.05) is 13.8 Å². The Balaban J connectivity index is 0.00000200. The molecule has 1 amide bonds. The topological polar surface area (TPSA) is 59.2 Å². The third kappa shape index (κ3) is 4.17. The van der Waals surface area contributed by atoms with Crippen molar-refractivity contribution in [3.8, 4) is 0 Å². The van der Waals surface area contributed by atoms with Gasteiger partial charge in [0.25, 0.3) is 5.91 Å². The molecule has 20 heavy (non-hydrogen) atoms. The zero-order valence-corrected chi connectivity index (χ0v) is 13.8. The van der Waals surface area contributed by atoms with Crippen LogP contribution in [0.2, 0.25) is 0 Å². The fraction of sp³-hybridized carbons (Fsp3) is 0.714. The molecule has 0 spiro atoms. The van der Waals surface area contributed by atoms with E-state index in [1.807, 2.05) is 10.3 Å². The molecule has 2 N–H and O–H groups in total. The van der Waals surface area contributed by atoms with Crippen molar-refractivity contribution in [1.82, 2.24) is 9.88 Å². The lowest BCUT2D eigenvalue weighted by Crippen LogP contribution is -2.32. The predicted octanol–water partition coefficient (Wildman–Crippen LogP) is 2.92. The van der Waals surface area contributed by atoms with Crippen LogP contribution in [-0.2, 0) is 6.54 Å². The molecule has 6 heteroatoms. The first kappa shape index (κ1) is 17.4. The second-order valence-electron chi connectivity index (χ2n) is 5.56. The Morgan fingerprint density at radius 1 is 1.50 bits per heavy atom. The number of halogens is 1. The molecule has 1 aliphatic heterocycles. The minimum atomic E-state index is 0. The Kier molecular flexibility index (Phi) is 6.92. The number of hydrogen-bond acceptors (Lipinski definition) is 4. The van der Waals surface area contributed by atoms with E-state index < -0.39 is 0 Å². The summed E-state index contributed by atoms with van der Waals surface area (Å²) in [6.07, 6.45) is 3.44. The van der Waals surface area contributed by atoms with Gasteiger partial charge in [-0.2, -0.15) is 0 Å². The molecular formula is C14H24ClN3OS. The molecule has 2 heterocycles. The SMILES string of the molecule is CC(C)C1CCCN(C(=O)c2csc(CN)n2)CC1.Cl. The van der Waals surface area contributed by atoms with Crippen LogP contribution in [0.3, 0.4) is 0 Å². The summed E-state index contributed by atoms with van der Waals surface area (Å²) in [4.78, 5) is 18.6. The largest absolute Gasteiger partial charge is 0.337 e. The normalized spacial score (nSPS) is 19.6. The van der Waals surface area contributed by atoms with Crippen LogP contribution in [0.1, 0.15) is 48.6 Å². The predicted molar refractivity (Wildman–Crippen MR) is 85.3 cm³/mol. The summed E-state index contributed by atoms with van der Waals surface area (Å²) in [5.74, 6) is 1.52. The zero-order chi connectivity index (χ0) is 13.8. The number of aromatic nitrogens is 1. The molecule has 114 valence electrons. The third-order valence-electron chi connectivity index (χ3n) is 3.95. The van der Waals surface area contributed by atoms with Crippen LogP contribution in [0, 0.1) is 11.8 Å². The molecular weight excluding hydrogens is 294 g/mol. The molecule has 1 saturated heterocycles. The van der Waals surface area contributed by atoms with Crippen LogP contribution in [0.25, 0.3) is 0 Å². The van der Waals surface area contributed by atoms with Gasteiger partial charge < -0.3 is 10.6 Å². The Hall–Kier alpha value is -0.650. The molecule has 0 radical (unpaired) electrons. The van der Waals surface area contributed by atoms with E-state index in [1.54, 1.807) is 0 Å². The van der Waals surface area contributed by atoms with Gasteiger partial charge in [0, 0.05) is 25.0 Å². The van der Waals surface area contributed by atoms with E-state index in [4.69, 9.17) is 5.73 Å². The first-order valence-corrected chi connectivity index (χ1v) is 7.93. The Bertz CT molecular complexity index is 436. The van der Waals surface area contributed by atoms with Crippen LogP contribution < -0.4 is 5.73 Å². The van der Waals surface area contributed by atoms with Gasteiger partial charge >= 0.3 is 0 Å². The zero-order valence-electron chi connectivity index (χ0n) is 12.2. The van der Waals surface area contributed by atoms with Crippen LogP contribution in [0.5, 0.6) is 0 Å². The number of likely N-dealkylation sites (tertiary alicyclic amines) is 1. The van der Waals surface area contributed by atoms with Crippen molar-refractivity contribution in [3.63, 3.8) is 0 Å². The third-order valence-corrected chi connectivity index (χ3v) is 4.82. The summed E-state index contributed by atoms with van der Waals surface area (Å²) < 4.78 is 0. The molecule has 4 nitrogen and oxygen atoms in total. The molecule has 2 rings (SSSR count). The van der Waals surface area contributed by atoms with E-state index in [2.05, 4.69) is 18.8 Å². The molecule has 0 aliphatic carbocycles. The molecule has 1 unspecified atom stereocenters. The summed E-state index contributed by atoms with van der Waals surface area (Å²) in [5, 5.41) is 2.66. The van der Waals surface area contributed by atoms with Gasteiger partial charge in [-0.25, -0.2) is 4.98 Å². The summed E-state index contributed by atoms with van der Waals surface area (Å²) >= 11 is 1.47. The minimum absolute atomic E-state index is 0. The van der Waals surface area contributed by atoms with Crippen molar-refractivity contribution in [2.75, 3.05) is 13.1 Å². The first-order valence-electron chi connectivity index (χ1n) is 7.05. The van der Waals surface area contributed by atoms with E-state index in [1.165, 1.54) is 17.8 Å². The second-order valence-corrected chi connectivity index (χ2v) is 6.50. The highest BCUT2D eigenvalue weighted by Gasteiger charge is 2.24. The fourth-order valence-corrected chi connectivity index (χ4v) is 3.31. The van der Waals surface area contributed by atoms with Crippen LogP contribution >= 0.6 is 23.7 Å². The number of thiazole rings is 1. The average Bonchev–Trinajstić information content (AvgIpc) is 2.74. The van der Waals surface area contributed by atoms with Gasteiger partial charge in [0.1, 0.15) is 10.7 Å². The van der Waals surface area contributed by atoms with Crippen molar-refractivity contribution in [3.05, 3.63) is 16.1 Å². The maximum atomic E-state index is 12.4. The number of carbonyl (C=O) groups is 1. The van der Waals surface area contributed by atoms with Gasteiger partial charge in [0.2, 0.25) is 0 Å². The van der Waals surface area contributed by atoms with Crippen LogP contribution in [0.4, 0.5) is 0 Å². The number of amides is 1. The lowest BCUT2D eigenvalue weighted by Gasteiger charge is -2.20.